The van der Waals surface area contributed by atoms with Gasteiger partial charge in [0.2, 0.25) is 0 Å². The Balaban J connectivity index is 2.97. The zero-order valence-corrected chi connectivity index (χ0v) is 8.53. The second-order valence-electron chi connectivity index (χ2n) is 4.22. The Morgan fingerprint density at radius 1 is 1.21 bits per heavy atom. The lowest BCUT2D eigenvalue weighted by Crippen LogP contribution is -2.61. The lowest BCUT2D eigenvalue weighted by molar-refractivity contribution is -0.324. The quantitative estimate of drug-likeness (QED) is 0.478. The smallest absolute Gasteiger partial charge is 0.242 e. The van der Waals surface area contributed by atoms with Gasteiger partial charge >= 0.3 is 12.0 Å². The van der Waals surface area contributed by atoms with Gasteiger partial charge in [0, 0.05) is 12.5 Å². The molecule has 0 saturated carbocycles. The summed E-state index contributed by atoms with van der Waals surface area (Å²) in [6.45, 7) is 3.13. The average molecular weight is 213 g/mol. The van der Waals surface area contributed by atoms with E-state index >= 15 is 0 Å². The number of nitrogens with zero attached hydrogens (tertiary/aromatic N) is 1. The van der Waals surface area contributed by atoms with E-state index in [1.807, 2.05) is 0 Å². The lowest BCUT2D eigenvalue weighted by atomic mass is 9.82. The third kappa shape index (κ3) is 1.51. The van der Waals surface area contributed by atoms with Gasteiger partial charge < -0.3 is 0 Å². The maximum Gasteiger partial charge on any atom is 0.367 e. The molecule has 0 amide bonds. The number of likely N-dealkylation sites (tertiary alicyclic amines) is 1. The predicted molar refractivity (Wildman–Crippen MR) is 45.5 cm³/mol. The van der Waals surface area contributed by atoms with Gasteiger partial charge in [0.25, 0.3) is 0 Å². The van der Waals surface area contributed by atoms with Crippen LogP contribution in [0.3, 0.4) is 0 Å². The van der Waals surface area contributed by atoms with Crippen molar-refractivity contribution in [2.75, 3.05) is 13.6 Å². The highest BCUT2D eigenvalue weighted by Crippen LogP contribution is 2.49. The van der Waals surface area contributed by atoms with Crippen molar-refractivity contribution in [2.24, 2.45) is 11.8 Å². The first-order chi connectivity index (χ1) is 6.21. The molecule has 0 N–H and O–H groups in total. The molecule has 0 aromatic carbocycles. The molecule has 1 nitrogen and oxygen atoms in total. The predicted octanol–water partition coefficient (Wildman–Crippen LogP) is 2.82. The molecule has 1 rings (SSSR count). The number of hydrogen-bond donors (Lipinski definition) is 0. The molecule has 0 bridgehead atoms. The van der Waals surface area contributed by atoms with Gasteiger partial charge in [-0.05, 0) is 19.4 Å². The molecule has 0 radical (unpaired) electrons. The zero-order valence-electron chi connectivity index (χ0n) is 8.53. The van der Waals surface area contributed by atoms with E-state index in [1.165, 1.54) is 0 Å². The topological polar surface area (TPSA) is 3.24 Å². The van der Waals surface area contributed by atoms with Gasteiger partial charge in [-0.25, -0.2) is 4.90 Å². The molecule has 5 heteroatoms. The van der Waals surface area contributed by atoms with Crippen molar-refractivity contribution in [2.45, 2.75) is 32.2 Å². The van der Waals surface area contributed by atoms with E-state index in [0.29, 0.717) is 4.90 Å². The van der Waals surface area contributed by atoms with Gasteiger partial charge in [-0.1, -0.05) is 13.8 Å². The molecule has 14 heavy (non-hydrogen) atoms. The Bertz CT molecular complexity index is 215. The molecule has 1 aliphatic rings. The Morgan fingerprint density at radius 2 is 1.71 bits per heavy atom. The van der Waals surface area contributed by atoms with Crippen LogP contribution in [-0.4, -0.2) is 30.5 Å². The monoisotopic (exact) mass is 213 g/mol. The minimum absolute atomic E-state index is 0.0193. The van der Waals surface area contributed by atoms with Crippen molar-refractivity contribution < 1.29 is 17.6 Å². The van der Waals surface area contributed by atoms with Crippen molar-refractivity contribution in [1.82, 2.24) is 4.90 Å². The first kappa shape index (κ1) is 11.8. The maximum absolute atomic E-state index is 13.4. The van der Waals surface area contributed by atoms with Crippen molar-refractivity contribution in [3.63, 3.8) is 0 Å². The number of hydrogen-bond acceptors (Lipinski definition) is 1. The molecular weight excluding hydrogens is 198 g/mol. The van der Waals surface area contributed by atoms with Crippen LogP contribution >= 0.6 is 0 Å². The normalized spacial score (nSPS) is 32.1. The van der Waals surface area contributed by atoms with Gasteiger partial charge in [-0.15, -0.1) is 0 Å². The summed E-state index contributed by atoms with van der Waals surface area (Å²) in [5, 5.41) is 0. The summed E-state index contributed by atoms with van der Waals surface area (Å²) in [5.74, 6) is -5.58. The fourth-order valence-corrected chi connectivity index (χ4v) is 1.88. The van der Waals surface area contributed by atoms with Crippen LogP contribution < -0.4 is 0 Å². The summed E-state index contributed by atoms with van der Waals surface area (Å²) in [5.41, 5.74) is 0. The van der Waals surface area contributed by atoms with E-state index in [4.69, 9.17) is 0 Å². The fraction of sp³-hybridized carbons (Fsp3) is 1.00. The molecule has 84 valence electrons. The third-order valence-electron chi connectivity index (χ3n) is 2.93. The van der Waals surface area contributed by atoms with Crippen LogP contribution in [0, 0.1) is 11.8 Å². The van der Waals surface area contributed by atoms with Crippen molar-refractivity contribution in [3.05, 3.63) is 0 Å². The Morgan fingerprint density at radius 3 is 2.14 bits per heavy atom. The summed E-state index contributed by atoms with van der Waals surface area (Å²) in [4.78, 5) is 0.436. The molecule has 1 unspecified atom stereocenters. The van der Waals surface area contributed by atoms with Crippen LogP contribution in [0.2, 0.25) is 0 Å². The SMILES string of the molecule is CC(C)C1CCN(C)C(F)(F)C1(F)F. The molecule has 0 spiro atoms. The van der Waals surface area contributed by atoms with Gasteiger partial charge in [-0.2, -0.15) is 17.6 Å². The van der Waals surface area contributed by atoms with Crippen LogP contribution in [-0.2, 0) is 0 Å². The summed E-state index contributed by atoms with van der Waals surface area (Å²) >= 11 is 0. The summed E-state index contributed by atoms with van der Waals surface area (Å²) in [6, 6.07) is -4.01. The highest BCUT2D eigenvalue weighted by molar-refractivity contribution is 4.95. The average Bonchev–Trinajstić information content (AvgIpc) is 2.00. The summed E-state index contributed by atoms with van der Waals surface area (Å²) in [6.07, 6.45) is 0.122. The highest BCUT2D eigenvalue weighted by atomic mass is 19.3. The molecule has 1 aliphatic heterocycles. The van der Waals surface area contributed by atoms with Crippen molar-refractivity contribution in [3.8, 4) is 0 Å². The minimum atomic E-state index is -4.01. The minimum Gasteiger partial charge on any atom is -0.242 e. The van der Waals surface area contributed by atoms with Crippen LogP contribution in [0.5, 0.6) is 0 Å². The van der Waals surface area contributed by atoms with Crippen molar-refractivity contribution >= 4 is 0 Å². The zero-order chi connectivity index (χ0) is 11.1. The molecule has 1 heterocycles. The summed E-state index contributed by atoms with van der Waals surface area (Å²) in [7, 11) is 1.03. The van der Waals surface area contributed by atoms with Crippen LogP contribution in [0.4, 0.5) is 17.6 Å². The number of piperidine rings is 1. The second-order valence-corrected chi connectivity index (χ2v) is 4.22. The van der Waals surface area contributed by atoms with Crippen molar-refractivity contribution in [1.29, 1.82) is 0 Å². The number of rotatable bonds is 1. The summed E-state index contributed by atoms with van der Waals surface area (Å²) < 4.78 is 53.0. The number of alkyl halides is 4. The number of halogens is 4. The molecule has 0 aromatic heterocycles. The van der Waals surface area contributed by atoms with E-state index < -0.39 is 23.8 Å². The first-order valence-corrected chi connectivity index (χ1v) is 4.68. The van der Waals surface area contributed by atoms with E-state index in [0.717, 1.165) is 7.05 Å². The largest absolute Gasteiger partial charge is 0.367 e. The molecule has 1 saturated heterocycles. The molecule has 1 atom stereocenters. The van der Waals surface area contributed by atoms with E-state index in [2.05, 4.69) is 0 Å². The van der Waals surface area contributed by atoms with E-state index in [9.17, 15) is 17.6 Å². The van der Waals surface area contributed by atoms with Crippen LogP contribution in [0.1, 0.15) is 20.3 Å². The van der Waals surface area contributed by atoms with Gasteiger partial charge in [0.05, 0.1) is 0 Å². The molecule has 0 aromatic rings. The van der Waals surface area contributed by atoms with Gasteiger partial charge in [0.1, 0.15) is 0 Å². The Hall–Kier alpha value is -0.320. The van der Waals surface area contributed by atoms with Crippen LogP contribution in [0.15, 0.2) is 0 Å². The maximum atomic E-state index is 13.4. The Kier molecular flexibility index (Phi) is 2.82. The van der Waals surface area contributed by atoms with Crippen LogP contribution in [0.25, 0.3) is 0 Å². The standard InChI is InChI=1S/C9H15F4N/c1-6(2)7-4-5-14(3)9(12,13)8(7,10)11/h6-7H,4-5H2,1-3H3. The molecule has 1 fully saturated rings. The van der Waals surface area contributed by atoms with Gasteiger partial charge in [-0.3, -0.25) is 0 Å². The first-order valence-electron chi connectivity index (χ1n) is 4.68. The van der Waals surface area contributed by atoms with E-state index in [-0.39, 0.29) is 13.0 Å². The van der Waals surface area contributed by atoms with E-state index in [1.54, 1.807) is 13.8 Å². The highest BCUT2D eigenvalue weighted by Gasteiger charge is 2.65. The molecular formula is C9H15F4N. The lowest BCUT2D eigenvalue weighted by Gasteiger charge is -2.44. The third-order valence-corrected chi connectivity index (χ3v) is 2.93. The Labute approximate surface area is 81.1 Å². The second kappa shape index (κ2) is 3.36. The fourth-order valence-electron chi connectivity index (χ4n) is 1.88. The molecule has 0 aliphatic carbocycles. The van der Waals surface area contributed by atoms with Gasteiger partial charge in [0.15, 0.2) is 0 Å².